The number of ether oxygens (including phenoxy) is 1. The molecule has 0 aliphatic carbocycles. The van der Waals surface area contributed by atoms with E-state index in [0.717, 1.165) is 0 Å². The van der Waals surface area contributed by atoms with E-state index in [1.54, 1.807) is 0 Å². The zero-order valence-electron chi connectivity index (χ0n) is 11.9. The average Bonchev–Trinajstić information content (AvgIpc) is 2.13. The summed E-state index contributed by atoms with van der Waals surface area (Å²) in [4.78, 5) is 0. The fraction of sp³-hybridized carbons (Fsp3) is 0.571. The van der Waals surface area contributed by atoms with Crippen LogP contribution in [0, 0.1) is 0 Å². The van der Waals surface area contributed by atoms with Crippen molar-refractivity contribution in [3.8, 4) is 5.75 Å². The Balaban J connectivity index is 2.62. The van der Waals surface area contributed by atoms with Crippen LogP contribution >= 0.6 is 0 Å². The molecule has 1 unspecified atom stereocenters. The van der Waals surface area contributed by atoms with Gasteiger partial charge in [-0.05, 0) is 23.3 Å². The van der Waals surface area contributed by atoms with Crippen molar-refractivity contribution in [3.63, 3.8) is 0 Å². The predicted octanol–water partition coefficient (Wildman–Crippen LogP) is 2.93. The molecule has 1 heterocycles. The molecule has 94 valence electrons. The molecule has 2 rings (SSSR count). The minimum Gasteiger partial charge on any atom is -0.491 e. The molecule has 0 amide bonds. The summed E-state index contributed by atoms with van der Waals surface area (Å²) < 4.78 is 6.19. The zero-order chi connectivity index (χ0) is 12.8. The van der Waals surface area contributed by atoms with Crippen LogP contribution in [0.4, 0.5) is 0 Å². The van der Waals surface area contributed by atoms with Crippen LogP contribution in [0.25, 0.3) is 0 Å². The van der Waals surface area contributed by atoms with Crippen LogP contribution in [0.5, 0.6) is 5.75 Å². The molecule has 3 heteroatoms. The number of para-hydroxylation sites is 1. The van der Waals surface area contributed by atoms with Crippen LogP contribution in [-0.2, 0) is 0 Å². The van der Waals surface area contributed by atoms with Gasteiger partial charge in [-0.3, -0.25) is 0 Å². The highest BCUT2D eigenvalue weighted by molar-refractivity contribution is 6.93. The maximum absolute atomic E-state index is 6.19. The largest absolute Gasteiger partial charge is 0.491 e. The highest BCUT2D eigenvalue weighted by atomic mass is 28.3. The van der Waals surface area contributed by atoms with Crippen molar-refractivity contribution < 1.29 is 4.74 Å². The summed E-state index contributed by atoms with van der Waals surface area (Å²) in [5.74, 6) is 1.25. The predicted molar refractivity (Wildman–Crippen MR) is 81.4 cm³/mol. The van der Waals surface area contributed by atoms with Crippen LogP contribution in [-0.4, -0.2) is 22.3 Å². The minimum atomic E-state index is -1.31. The lowest BCUT2D eigenvalue weighted by Gasteiger charge is -2.37. The molecule has 0 bridgehead atoms. The molecule has 1 aliphatic heterocycles. The van der Waals surface area contributed by atoms with E-state index in [-0.39, 0.29) is 0 Å². The summed E-state index contributed by atoms with van der Waals surface area (Å²) in [6.45, 7) is 14.4. The highest BCUT2D eigenvalue weighted by Crippen LogP contribution is 2.27. The minimum absolute atomic E-state index is 0.390. The SMILES string of the molecule is CC1C[Si](C)(C)c2cccc([Si](C)(C)C)c2O1. The Hall–Kier alpha value is -0.546. The lowest BCUT2D eigenvalue weighted by molar-refractivity contribution is 0.239. The van der Waals surface area contributed by atoms with Gasteiger partial charge in [-0.15, -0.1) is 0 Å². The van der Waals surface area contributed by atoms with Gasteiger partial charge in [-0.1, -0.05) is 50.9 Å². The van der Waals surface area contributed by atoms with Crippen LogP contribution < -0.4 is 15.1 Å². The fourth-order valence-electron chi connectivity index (χ4n) is 2.86. The second kappa shape index (κ2) is 3.99. The lowest BCUT2D eigenvalue weighted by atomic mass is 10.3. The second-order valence-electron chi connectivity index (χ2n) is 6.95. The maximum Gasteiger partial charge on any atom is 0.118 e. The van der Waals surface area contributed by atoms with Crippen LogP contribution in [0.1, 0.15) is 6.92 Å². The van der Waals surface area contributed by atoms with Gasteiger partial charge in [-0.25, -0.2) is 0 Å². The monoisotopic (exact) mass is 264 g/mol. The third kappa shape index (κ3) is 2.36. The number of benzene rings is 1. The van der Waals surface area contributed by atoms with Crippen molar-refractivity contribution in [3.05, 3.63) is 18.2 Å². The Labute approximate surface area is 107 Å². The average molecular weight is 265 g/mol. The topological polar surface area (TPSA) is 9.23 Å². The van der Waals surface area contributed by atoms with Gasteiger partial charge in [0.2, 0.25) is 0 Å². The van der Waals surface area contributed by atoms with E-state index in [0.29, 0.717) is 6.10 Å². The molecule has 0 saturated carbocycles. The van der Waals surface area contributed by atoms with E-state index in [1.165, 1.54) is 22.2 Å². The molecule has 1 aliphatic rings. The van der Waals surface area contributed by atoms with Gasteiger partial charge < -0.3 is 4.74 Å². The van der Waals surface area contributed by atoms with Gasteiger partial charge in [0, 0.05) is 0 Å². The van der Waals surface area contributed by atoms with E-state index in [4.69, 9.17) is 4.74 Å². The molecular formula is C14H24OSi2. The van der Waals surface area contributed by atoms with Crippen LogP contribution in [0.2, 0.25) is 38.8 Å². The first kappa shape index (κ1) is 12.9. The van der Waals surface area contributed by atoms with Gasteiger partial charge in [0.1, 0.15) is 5.75 Å². The maximum atomic E-state index is 6.19. The molecule has 0 fully saturated rings. The van der Waals surface area contributed by atoms with Gasteiger partial charge in [0.15, 0.2) is 0 Å². The molecule has 1 aromatic rings. The Bertz CT molecular complexity index is 418. The Morgan fingerprint density at radius 3 is 2.47 bits per heavy atom. The summed E-state index contributed by atoms with van der Waals surface area (Å²) in [6.07, 6.45) is 0.390. The molecule has 17 heavy (non-hydrogen) atoms. The smallest absolute Gasteiger partial charge is 0.118 e. The number of fused-ring (bicyclic) bond motifs is 1. The van der Waals surface area contributed by atoms with Crippen molar-refractivity contribution in [2.75, 3.05) is 0 Å². The summed E-state index contributed by atoms with van der Waals surface area (Å²) in [5.41, 5.74) is 0. The first-order valence-electron chi connectivity index (χ1n) is 6.52. The number of rotatable bonds is 1. The van der Waals surface area contributed by atoms with E-state index in [1.807, 2.05) is 0 Å². The summed E-state index contributed by atoms with van der Waals surface area (Å²) in [5, 5.41) is 3.04. The molecule has 1 aromatic carbocycles. The second-order valence-corrected chi connectivity index (χ2v) is 16.7. The van der Waals surface area contributed by atoms with Gasteiger partial charge in [0.05, 0.1) is 22.3 Å². The van der Waals surface area contributed by atoms with Crippen molar-refractivity contribution in [2.45, 2.75) is 51.8 Å². The number of hydrogen-bond donors (Lipinski definition) is 0. The number of hydrogen-bond acceptors (Lipinski definition) is 1. The normalized spacial score (nSPS) is 22.8. The molecule has 0 N–H and O–H groups in total. The van der Waals surface area contributed by atoms with E-state index in [2.05, 4.69) is 57.9 Å². The Kier molecular flexibility index (Phi) is 3.03. The first-order valence-corrected chi connectivity index (χ1v) is 13.2. The van der Waals surface area contributed by atoms with E-state index in [9.17, 15) is 0 Å². The summed E-state index contributed by atoms with van der Waals surface area (Å²) in [7, 11) is -2.59. The van der Waals surface area contributed by atoms with E-state index < -0.39 is 16.1 Å². The third-order valence-corrected chi connectivity index (χ3v) is 9.13. The quantitative estimate of drug-likeness (QED) is 0.709. The van der Waals surface area contributed by atoms with Crippen LogP contribution in [0.15, 0.2) is 18.2 Å². The van der Waals surface area contributed by atoms with Crippen LogP contribution in [0.3, 0.4) is 0 Å². The Morgan fingerprint density at radius 2 is 1.88 bits per heavy atom. The molecule has 0 aromatic heterocycles. The standard InChI is InChI=1S/C14H24OSi2/c1-11-10-17(5,6)13-9-7-8-12(14(13)15-11)16(2,3)4/h7-9,11H,10H2,1-6H3. The molecule has 1 nitrogen and oxygen atoms in total. The highest BCUT2D eigenvalue weighted by Gasteiger charge is 2.37. The molecular weight excluding hydrogens is 240 g/mol. The first-order chi connectivity index (χ1) is 7.72. The van der Waals surface area contributed by atoms with Crippen molar-refractivity contribution in [2.24, 2.45) is 0 Å². The van der Waals surface area contributed by atoms with Gasteiger partial charge in [0.25, 0.3) is 0 Å². The zero-order valence-corrected chi connectivity index (χ0v) is 13.9. The van der Waals surface area contributed by atoms with Crippen molar-refractivity contribution in [1.29, 1.82) is 0 Å². The molecule has 0 spiro atoms. The van der Waals surface area contributed by atoms with Crippen molar-refractivity contribution >= 4 is 26.5 Å². The third-order valence-electron chi connectivity index (χ3n) is 3.67. The molecule has 0 saturated heterocycles. The van der Waals surface area contributed by atoms with Gasteiger partial charge >= 0.3 is 0 Å². The molecule has 1 atom stereocenters. The molecule has 0 radical (unpaired) electrons. The Morgan fingerprint density at radius 1 is 1.24 bits per heavy atom. The van der Waals surface area contributed by atoms with Gasteiger partial charge in [-0.2, -0.15) is 0 Å². The van der Waals surface area contributed by atoms with Crippen molar-refractivity contribution in [1.82, 2.24) is 0 Å². The van der Waals surface area contributed by atoms with E-state index >= 15 is 0 Å². The fourth-order valence-corrected chi connectivity index (χ4v) is 7.55. The summed E-state index contributed by atoms with van der Waals surface area (Å²) in [6, 6.07) is 8.07. The summed E-state index contributed by atoms with van der Waals surface area (Å²) >= 11 is 0. The lowest BCUT2D eigenvalue weighted by Crippen LogP contribution is -2.54.